The summed E-state index contributed by atoms with van der Waals surface area (Å²) in [5.41, 5.74) is 0.292. The number of fused-ring (bicyclic) bond motifs is 1. The quantitative estimate of drug-likeness (QED) is 0.559. The maximum atomic E-state index is 11.5. The van der Waals surface area contributed by atoms with Gasteiger partial charge >= 0.3 is 0 Å². The van der Waals surface area contributed by atoms with Gasteiger partial charge in [-0.25, -0.2) is 0 Å². The molecule has 2 saturated carbocycles. The highest BCUT2D eigenvalue weighted by Gasteiger charge is 2.42. The molecule has 0 N–H and O–H groups in total. The van der Waals surface area contributed by atoms with Crippen LogP contribution in [0, 0.1) is 17.3 Å². The number of ketones is 1. The van der Waals surface area contributed by atoms with Crippen LogP contribution >= 0.6 is 0 Å². The summed E-state index contributed by atoms with van der Waals surface area (Å²) < 4.78 is 0. The summed E-state index contributed by atoms with van der Waals surface area (Å²) in [6.45, 7) is 4.57. The number of Topliss-reactive ketones (excluding diaryl/α,β-unsaturated/α-hetero) is 1. The van der Waals surface area contributed by atoms with E-state index in [4.69, 9.17) is 0 Å². The minimum absolute atomic E-state index is 0.292. The fourth-order valence-electron chi connectivity index (χ4n) is 3.48. The van der Waals surface area contributed by atoms with Crippen LogP contribution in [0.2, 0.25) is 0 Å². The summed E-state index contributed by atoms with van der Waals surface area (Å²) in [7, 11) is 0. The second-order valence-corrected chi connectivity index (χ2v) is 5.56. The Morgan fingerprint density at radius 1 is 1.23 bits per heavy atom. The van der Waals surface area contributed by atoms with Crippen molar-refractivity contribution in [3.8, 4) is 0 Å². The van der Waals surface area contributed by atoms with E-state index in [-0.39, 0.29) is 0 Å². The van der Waals surface area contributed by atoms with Gasteiger partial charge in [-0.05, 0) is 30.1 Å². The monoisotopic (exact) mass is 180 g/mol. The standard InChI is InChI=1S/C12H20O/c1-12(2)8-10(13)7-9-5-3-4-6-11(9)12/h9,11H,3-8H2,1-2H3. The third-order valence-electron chi connectivity index (χ3n) is 4.06. The van der Waals surface area contributed by atoms with Gasteiger partial charge in [-0.15, -0.1) is 0 Å². The lowest BCUT2D eigenvalue weighted by Gasteiger charge is -2.46. The number of carbonyl (C=O) groups excluding carboxylic acids is 1. The predicted molar refractivity (Wildman–Crippen MR) is 53.5 cm³/mol. The van der Waals surface area contributed by atoms with E-state index in [1.54, 1.807) is 0 Å². The van der Waals surface area contributed by atoms with Crippen molar-refractivity contribution in [3.05, 3.63) is 0 Å². The van der Waals surface area contributed by atoms with Gasteiger partial charge in [-0.3, -0.25) is 4.79 Å². The van der Waals surface area contributed by atoms with E-state index >= 15 is 0 Å². The van der Waals surface area contributed by atoms with Crippen molar-refractivity contribution in [2.24, 2.45) is 17.3 Å². The zero-order chi connectivity index (χ0) is 9.47. The number of hydrogen-bond donors (Lipinski definition) is 0. The fourth-order valence-corrected chi connectivity index (χ4v) is 3.48. The van der Waals surface area contributed by atoms with Gasteiger partial charge in [0.2, 0.25) is 0 Å². The molecule has 0 radical (unpaired) electrons. The average Bonchev–Trinajstić information content (AvgIpc) is 2.02. The highest BCUT2D eigenvalue weighted by Crippen LogP contribution is 2.49. The molecule has 2 fully saturated rings. The van der Waals surface area contributed by atoms with Gasteiger partial charge in [-0.2, -0.15) is 0 Å². The van der Waals surface area contributed by atoms with E-state index < -0.39 is 0 Å². The third-order valence-corrected chi connectivity index (χ3v) is 4.06. The molecular weight excluding hydrogens is 160 g/mol. The molecule has 0 amide bonds. The van der Waals surface area contributed by atoms with Crippen LogP contribution in [0.25, 0.3) is 0 Å². The van der Waals surface area contributed by atoms with Crippen LogP contribution in [0.5, 0.6) is 0 Å². The van der Waals surface area contributed by atoms with Gasteiger partial charge in [0, 0.05) is 12.8 Å². The SMILES string of the molecule is CC1(C)CC(=O)CC2CCCCC21. The molecule has 1 nitrogen and oxygen atoms in total. The Labute approximate surface area is 80.9 Å². The summed E-state index contributed by atoms with van der Waals surface area (Å²) in [5, 5.41) is 0. The van der Waals surface area contributed by atoms with Crippen molar-refractivity contribution in [2.45, 2.75) is 52.4 Å². The minimum Gasteiger partial charge on any atom is -0.300 e. The lowest BCUT2D eigenvalue weighted by atomic mass is 9.58. The Balaban J connectivity index is 2.17. The first-order valence-electron chi connectivity index (χ1n) is 5.61. The highest BCUT2D eigenvalue weighted by atomic mass is 16.1. The molecule has 2 unspecified atom stereocenters. The van der Waals surface area contributed by atoms with E-state index in [2.05, 4.69) is 13.8 Å². The molecule has 0 aromatic rings. The van der Waals surface area contributed by atoms with Gasteiger partial charge < -0.3 is 0 Å². The average molecular weight is 180 g/mol. The van der Waals surface area contributed by atoms with Crippen molar-refractivity contribution in [1.29, 1.82) is 0 Å². The molecule has 2 atom stereocenters. The van der Waals surface area contributed by atoms with Crippen molar-refractivity contribution in [2.75, 3.05) is 0 Å². The van der Waals surface area contributed by atoms with Crippen LogP contribution in [0.4, 0.5) is 0 Å². The molecule has 0 saturated heterocycles. The highest BCUT2D eigenvalue weighted by molar-refractivity contribution is 5.80. The molecule has 0 aromatic heterocycles. The summed E-state index contributed by atoms with van der Waals surface area (Å²) in [5.74, 6) is 2.07. The summed E-state index contributed by atoms with van der Waals surface area (Å²) in [6.07, 6.45) is 7.12. The molecular formula is C12H20O. The maximum absolute atomic E-state index is 11.5. The van der Waals surface area contributed by atoms with Crippen LogP contribution in [-0.2, 0) is 4.79 Å². The fraction of sp³-hybridized carbons (Fsp3) is 0.917. The van der Waals surface area contributed by atoms with Gasteiger partial charge in [0.15, 0.2) is 0 Å². The Hall–Kier alpha value is -0.330. The van der Waals surface area contributed by atoms with Gasteiger partial charge in [-0.1, -0.05) is 26.7 Å². The summed E-state index contributed by atoms with van der Waals surface area (Å²) in [6, 6.07) is 0. The largest absolute Gasteiger partial charge is 0.300 e. The minimum atomic E-state index is 0.292. The Morgan fingerprint density at radius 3 is 2.69 bits per heavy atom. The molecule has 2 rings (SSSR count). The molecule has 2 aliphatic rings. The number of carbonyl (C=O) groups is 1. The van der Waals surface area contributed by atoms with Crippen LogP contribution in [-0.4, -0.2) is 5.78 Å². The summed E-state index contributed by atoms with van der Waals surface area (Å²) in [4.78, 5) is 11.5. The van der Waals surface area contributed by atoms with Crippen molar-refractivity contribution in [3.63, 3.8) is 0 Å². The first-order chi connectivity index (χ1) is 6.09. The van der Waals surface area contributed by atoms with Crippen molar-refractivity contribution in [1.82, 2.24) is 0 Å². The van der Waals surface area contributed by atoms with E-state index in [9.17, 15) is 4.79 Å². The predicted octanol–water partition coefficient (Wildman–Crippen LogP) is 3.18. The molecule has 0 aliphatic heterocycles. The van der Waals surface area contributed by atoms with Crippen LogP contribution < -0.4 is 0 Å². The normalized spacial score (nSPS) is 38.5. The Morgan fingerprint density at radius 2 is 1.92 bits per heavy atom. The molecule has 0 bridgehead atoms. The van der Waals surface area contributed by atoms with E-state index in [0.717, 1.165) is 24.7 Å². The topological polar surface area (TPSA) is 17.1 Å². The smallest absolute Gasteiger partial charge is 0.133 e. The van der Waals surface area contributed by atoms with Crippen molar-refractivity contribution >= 4 is 5.78 Å². The van der Waals surface area contributed by atoms with E-state index in [1.165, 1.54) is 25.7 Å². The molecule has 74 valence electrons. The molecule has 0 spiro atoms. The third kappa shape index (κ3) is 1.66. The maximum Gasteiger partial charge on any atom is 0.133 e. The first kappa shape index (κ1) is 9.23. The molecule has 1 heteroatoms. The summed E-state index contributed by atoms with van der Waals surface area (Å²) >= 11 is 0. The molecule has 0 aromatic carbocycles. The van der Waals surface area contributed by atoms with Gasteiger partial charge in [0.25, 0.3) is 0 Å². The molecule has 0 heterocycles. The van der Waals surface area contributed by atoms with Crippen molar-refractivity contribution < 1.29 is 4.79 Å². The molecule has 2 aliphatic carbocycles. The van der Waals surface area contributed by atoms with Gasteiger partial charge in [0.05, 0.1) is 0 Å². The second kappa shape index (κ2) is 3.11. The number of rotatable bonds is 0. The van der Waals surface area contributed by atoms with E-state index in [1.807, 2.05) is 0 Å². The second-order valence-electron chi connectivity index (χ2n) is 5.56. The molecule has 13 heavy (non-hydrogen) atoms. The number of hydrogen-bond acceptors (Lipinski definition) is 1. The Kier molecular flexibility index (Phi) is 2.21. The van der Waals surface area contributed by atoms with Crippen LogP contribution in [0.15, 0.2) is 0 Å². The van der Waals surface area contributed by atoms with Crippen LogP contribution in [0.1, 0.15) is 52.4 Å². The van der Waals surface area contributed by atoms with E-state index in [0.29, 0.717) is 11.2 Å². The van der Waals surface area contributed by atoms with Crippen LogP contribution in [0.3, 0.4) is 0 Å². The Bertz CT molecular complexity index is 217. The first-order valence-corrected chi connectivity index (χ1v) is 5.61. The zero-order valence-electron chi connectivity index (χ0n) is 8.81. The zero-order valence-corrected chi connectivity index (χ0v) is 8.81. The lowest BCUT2D eigenvalue weighted by molar-refractivity contribution is -0.129. The lowest BCUT2D eigenvalue weighted by Crippen LogP contribution is -2.40. The van der Waals surface area contributed by atoms with Gasteiger partial charge in [0.1, 0.15) is 5.78 Å².